The third kappa shape index (κ3) is 4.43. The third-order valence-electron chi connectivity index (χ3n) is 4.91. The molecule has 0 aromatic heterocycles. The number of sulfonamides is 1. The van der Waals surface area contributed by atoms with Crippen LogP contribution in [0.1, 0.15) is 33.6 Å². The second-order valence-corrected chi connectivity index (χ2v) is 8.80. The first-order valence-electron chi connectivity index (χ1n) is 9.87. The van der Waals surface area contributed by atoms with Crippen molar-refractivity contribution in [3.05, 3.63) is 53.6 Å². The van der Waals surface area contributed by atoms with Gasteiger partial charge in [-0.15, -0.1) is 0 Å². The van der Waals surface area contributed by atoms with Crippen molar-refractivity contribution in [3.8, 4) is 11.5 Å². The van der Waals surface area contributed by atoms with E-state index in [-0.39, 0.29) is 35.4 Å². The number of hydrogen-bond acceptors (Lipinski definition) is 8. The molecule has 0 saturated heterocycles. The Kier molecular flexibility index (Phi) is 6.10. The molecule has 4 rings (SSSR count). The number of benzene rings is 2. The molecule has 2 aliphatic heterocycles. The number of hydrogen-bond donors (Lipinski definition) is 1. The van der Waals surface area contributed by atoms with Crippen molar-refractivity contribution < 1.29 is 37.0 Å². The largest absolute Gasteiger partial charge is 0.486 e. The summed E-state index contributed by atoms with van der Waals surface area (Å²) in [7, 11) is -3.80. The molecule has 2 aliphatic rings. The second-order valence-electron chi connectivity index (χ2n) is 7.04. The monoisotopic (exact) mass is 460 g/mol. The van der Waals surface area contributed by atoms with Gasteiger partial charge in [-0.05, 0) is 30.7 Å². The first-order valence-corrected chi connectivity index (χ1v) is 11.4. The smallest absolute Gasteiger partial charge is 0.307 e. The minimum atomic E-state index is -3.80. The normalized spacial score (nSPS) is 14.9. The second kappa shape index (κ2) is 8.97. The molecule has 168 valence electrons. The molecule has 32 heavy (non-hydrogen) atoms. The molecule has 2 aromatic rings. The highest BCUT2D eigenvalue weighted by molar-refractivity contribution is 7.89. The van der Waals surface area contributed by atoms with E-state index in [1.807, 2.05) is 0 Å². The summed E-state index contributed by atoms with van der Waals surface area (Å²) in [6.07, 6.45) is 0.0809. The zero-order valence-electron chi connectivity index (χ0n) is 16.9. The highest BCUT2D eigenvalue weighted by atomic mass is 32.2. The summed E-state index contributed by atoms with van der Waals surface area (Å²) in [5.41, 5.74) is 0.532. The number of nitrogens with zero attached hydrogens (tertiary/aromatic N) is 1. The van der Waals surface area contributed by atoms with E-state index in [4.69, 9.17) is 14.2 Å². The lowest BCUT2D eigenvalue weighted by Gasteiger charge is -2.18. The Balaban J connectivity index is 1.22. The van der Waals surface area contributed by atoms with E-state index in [1.165, 1.54) is 30.3 Å². The molecule has 0 spiro atoms. The van der Waals surface area contributed by atoms with Crippen LogP contribution in [-0.2, 0) is 19.6 Å². The van der Waals surface area contributed by atoms with Gasteiger partial charge >= 0.3 is 5.97 Å². The molecule has 0 saturated carbocycles. The van der Waals surface area contributed by atoms with E-state index in [9.17, 15) is 22.8 Å². The molecule has 10 nitrogen and oxygen atoms in total. The van der Waals surface area contributed by atoms with Crippen LogP contribution in [0, 0.1) is 0 Å². The van der Waals surface area contributed by atoms with Gasteiger partial charge in [-0.2, -0.15) is 0 Å². The average Bonchev–Trinajstić information content (AvgIpc) is 3.05. The Labute approximate surface area is 184 Å². The van der Waals surface area contributed by atoms with Crippen molar-refractivity contribution in [1.82, 2.24) is 9.62 Å². The summed E-state index contributed by atoms with van der Waals surface area (Å²) in [5.74, 6) is -0.858. The number of fused-ring (bicyclic) bond motifs is 2. The predicted molar refractivity (Wildman–Crippen MR) is 110 cm³/mol. The van der Waals surface area contributed by atoms with E-state index in [0.717, 1.165) is 4.90 Å². The van der Waals surface area contributed by atoms with Gasteiger partial charge in [0.2, 0.25) is 10.0 Å². The fourth-order valence-corrected chi connectivity index (χ4v) is 4.37. The zero-order valence-corrected chi connectivity index (χ0v) is 17.7. The van der Waals surface area contributed by atoms with Gasteiger partial charge in [0, 0.05) is 19.0 Å². The van der Waals surface area contributed by atoms with Crippen molar-refractivity contribution in [1.29, 1.82) is 0 Å². The fourth-order valence-electron chi connectivity index (χ4n) is 3.28. The van der Waals surface area contributed by atoms with E-state index in [1.54, 1.807) is 12.1 Å². The van der Waals surface area contributed by atoms with Crippen molar-refractivity contribution >= 4 is 27.8 Å². The van der Waals surface area contributed by atoms with Crippen molar-refractivity contribution in [2.75, 3.05) is 26.5 Å². The fraction of sp³-hybridized carbons (Fsp3) is 0.286. The minimum Gasteiger partial charge on any atom is -0.486 e. The summed E-state index contributed by atoms with van der Waals surface area (Å²) in [4.78, 5) is 37.3. The van der Waals surface area contributed by atoms with Crippen LogP contribution in [-0.4, -0.2) is 57.6 Å². The molecule has 11 heteroatoms. The van der Waals surface area contributed by atoms with E-state index < -0.39 is 34.5 Å². The van der Waals surface area contributed by atoms with Gasteiger partial charge in [-0.1, -0.05) is 12.1 Å². The lowest BCUT2D eigenvalue weighted by Crippen LogP contribution is -2.33. The maximum atomic E-state index is 12.4. The number of carbonyl (C=O) groups is 3. The van der Waals surface area contributed by atoms with E-state index in [2.05, 4.69) is 4.72 Å². The highest BCUT2D eigenvalue weighted by Crippen LogP contribution is 2.32. The van der Waals surface area contributed by atoms with Gasteiger partial charge in [0.15, 0.2) is 18.2 Å². The molecule has 1 N–H and O–H groups in total. The van der Waals surface area contributed by atoms with Crippen molar-refractivity contribution in [3.63, 3.8) is 0 Å². The first-order chi connectivity index (χ1) is 15.4. The van der Waals surface area contributed by atoms with Crippen molar-refractivity contribution in [2.24, 2.45) is 0 Å². The van der Waals surface area contributed by atoms with Gasteiger partial charge in [-0.25, -0.2) is 18.0 Å². The number of imide groups is 1. The van der Waals surface area contributed by atoms with Crippen LogP contribution in [0.4, 0.5) is 0 Å². The van der Waals surface area contributed by atoms with Crippen LogP contribution < -0.4 is 14.2 Å². The van der Waals surface area contributed by atoms with Crippen molar-refractivity contribution in [2.45, 2.75) is 17.7 Å². The molecule has 2 heterocycles. The van der Waals surface area contributed by atoms with Gasteiger partial charge in [0.1, 0.15) is 13.2 Å². The average molecular weight is 460 g/mol. The molecule has 0 bridgehead atoms. The molecule has 0 atom stereocenters. The predicted octanol–water partition coefficient (Wildman–Crippen LogP) is 1.31. The lowest BCUT2D eigenvalue weighted by molar-refractivity contribution is -0.146. The topological polar surface area (TPSA) is 128 Å². The molecule has 2 amide bonds. The van der Waals surface area contributed by atoms with Crippen LogP contribution >= 0.6 is 0 Å². The Bertz CT molecular complexity index is 1140. The maximum absolute atomic E-state index is 12.4. The maximum Gasteiger partial charge on any atom is 0.307 e. The molecule has 0 fully saturated rings. The Hall–Kier alpha value is -3.44. The van der Waals surface area contributed by atoms with Crippen LogP contribution in [0.2, 0.25) is 0 Å². The number of rotatable bonds is 8. The van der Waals surface area contributed by atoms with Crippen LogP contribution in [0.15, 0.2) is 47.4 Å². The third-order valence-corrected chi connectivity index (χ3v) is 6.37. The van der Waals surface area contributed by atoms with E-state index in [0.29, 0.717) is 24.7 Å². The number of esters is 1. The summed E-state index contributed by atoms with van der Waals surface area (Å²) in [6, 6.07) is 10.7. The molecule has 0 unspecified atom stereocenters. The molecule has 0 aliphatic carbocycles. The lowest BCUT2D eigenvalue weighted by atomic mass is 10.1. The summed E-state index contributed by atoms with van der Waals surface area (Å²) in [6.45, 7) is 0.250. The zero-order chi connectivity index (χ0) is 22.7. The van der Waals surface area contributed by atoms with Crippen LogP contribution in [0.5, 0.6) is 11.5 Å². The Morgan fingerprint density at radius 2 is 1.66 bits per heavy atom. The van der Waals surface area contributed by atoms with Gasteiger partial charge in [0.25, 0.3) is 11.8 Å². The van der Waals surface area contributed by atoms with Gasteiger partial charge in [-0.3, -0.25) is 14.4 Å². The summed E-state index contributed by atoms with van der Waals surface area (Å²) >= 11 is 0. The highest BCUT2D eigenvalue weighted by Gasteiger charge is 2.35. The van der Waals surface area contributed by atoms with Gasteiger partial charge in [0.05, 0.1) is 16.0 Å². The van der Waals surface area contributed by atoms with Crippen LogP contribution in [0.3, 0.4) is 0 Å². The Morgan fingerprint density at radius 3 is 2.34 bits per heavy atom. The number of ether oxygens (including phenoxy) is 3. The Morgan fingerprint density at radius 1 is 1.00 bits per heavy atom. The minimum absolute atomic E-state index is 0.00110. The first kappa shape index (κ1) is 21.8. The standard InChI is InChI=1S/C21H20N2O8S/c24-19(31-13-23-20(25)15-4-1-2-5-16(15)21(23)26)6-3-9-22-32(27,28)14-7-8-17-18(12-14)30-11-10-29-17/h1-2,4-5,7-8,12,22H,3,6,9-11,13H2. The number of carbonyl (C=O) groups excluding carboxylic acids is 3. The SMILES string of the molecule is O=C(CCCNS(=O)(=O)c1ccc2c(c1)OCCO2)OCN1C(=O)c2ccccc2C1=O. The number of amides is 2. The number of nitrogens with one attached hydrogen (secondary N) is 1. The van der Waals surface area contributed by atoms with Crippen LogP contribution in [0.25, 0.3) is 0 Å². The molecule has 0 radical (unpaired) electrons. The van der Waals surface area contributed by atoms with E-state index >= 15 is 0 Å². The van der Waals surface area contributed by atoms with Gasteiger partial charge < -0.3 is 14.2 Å². The quantitative estimate of drug-likeness (QED) is 0.355. The molecular weight excluding hydrogens is 440 g/mol. The summed E-state index contributed by atoms with van der Waals surface area (Å²) in [5, 5.41) is 0. The molecule has 2 aromatic carbocycles. The summed E-state index contributed by atoms with van der Waals surface area (Å²) < 4.78 is 43.1. The molecular formula is C21H20N2O8S.